The van der Waals surface area contributed by atoms with E-state index in [1.807, 2.05) is 0 Å². The van der Waals surface area contributed by atoms with Crippen molar-refractivity contribution in [3.63, 3.8) is 0 Å². The maximum absolute atomic E-state index is 12.7. The van der Waals surface area contributed by atoms with Crippen LogP contribution < -0.4 is 5.73 Å². The molecule has 0 amide bonds. The Kier molecular flexibility index (Phi) is 4.62. The zero-order valence-corrected chi connectivity index (χ0v) is 13.5. The quantitative estimate of drug-likeness (QED) is 0.871. The molecule has 0 atom stereocenters. The Hall–Kier alpha value is -0.780. The Labute approximate surface area is 126 Å². The minimum Gasteiger partial charge on any atom is -0.398 e. The first-order valence-electron chi connectivity index (χ1n) is 6.87. The summed E-state index contributed by atoms with van der Waals surface area (Å²) in [5.74, 6) is 0. The fourth-order valence-corrected chi connectivity index (χ4v) is 4.40. The van der Waals surface area contributed by atoms with Crippen LogP contribution in [0.1, 0.15) is 37.7 Å². The summed E-state index contributed by atoms with van der Waals surface area (Å²) in [6.45, 7) is 1.78. The lowest BCUT2D eigenvalue weighted by Gasteiger charge is -2.30. The summed E-state index contributed by atoms with van der Waals surface area (Å²) in [7, 11) is -1.88. The molecule has 0 heterocycles. The molecule has 0 saturated heterocycles. The van der Waals surface area contributed by atoms with Gasteiger partial charge in [-0.3, -0.25) is 0 Å². The fraction of sp³-hybridized carbons (Fsp3) is 0.571. The number of hydrogen-bond donors (Lipinski definition) is 1. The summed E-state index contributed by atoms with van der Waals surface area (Å²) >= 11 is 6.05. The second-order valence-corrected chi connectivity index (χ2v) is 7.84. The van der Waals surface area contributed by atoms with Crippen LogP contribution >= 0.6 is 11.6 Å². The minimum atomic E-state index is -3.53. The maximum atomic E-state index is 12.7. The van der Waals surface area contributed by atoms with E-state index in [1.54, 1.807) is 14.0 Å². The Morgan fingerprint density at radius 1 is 1.25 bits per heavy atom. The topological polar surface area (TPSA) is 63.4 Å². The molecule has 0 aromatic heterocycles. The van der Waals surface area contributed by atoms with Gasteiger partial charge in [0.2, 0.25) is 10.0 Å². The number of sulfonamides is 1. The molecule has 6 heteroatoms. The summed E-state index contributed by atoms with van der Waals surface area (Å²) in [5, 5.41) is 0.389. The molecule has 0 unspecified atom stereocenters. The van der Waals surface area contributed by atoms with Gasteiger partial charge in [-0.15, -0.1) is 0 Å². The number of rotatable bonds is 3. The van der Waals surface area contributed by atoms with Gasteiger partial charge in [0.1, 0.15) is 0 Å². The largest absolute Gasteiger partial charge is 0.398 e. The van der Waals surface area contributed by atoms with E-state index >= 15 is 0 Å². The molecule has 1 fully saturated rings. The van der Waals surface area contributed by atoms with Crippen molar-refractivity contribution >= 4 is 27.3 Å². The van der Waals surface area contributed by atoms with Gasteiger partial charge in [-0.05, 0) is 37.5 Å². The van der Waals surface area contributed by atoms with E-state index in [0.29, 0.717) is 16.3 Å². The van der Waals surface area contributed by atoms with Crippen LogP contribution in [0.4, 0.5) is 5.69 Å². The molecule has 1 aromatic rings. The third kappa shape index (κ3) is 2.95. The number of benzene rings is 1. The van der Waals surface area contributed by atoms with Crippen molar-refractivity contribution in [2.45, 2.75) is 50.0 Å². The molecule has 4 nitrogen and oxygen atoms in total. The first-order chi connectivity index (χ1) is 9.34. The van der Waals surface area contributed by atoms with E-state index in [1.165, 1.54) is 22.9 Å². The Bertz CT molecular complexity index is 572. The molecular weight excluding hydrogens is 296 g/mol. The summed E-state index contributed by atoms with van der Waals surface area (Å²) in [6.07, 6.45) is 5.20. The van der Waals surface area contributed by atoms with Gasteiger partial charge in [0.05, 0.1) is 4.90 Å². The third-order valence-corrected chi connectivity index (χ3v) is 6.40. The fourth-order valence-electron chi connectivity index (χ4n) is 2.63. The minimum absolute atomic E-state index is 0.0788. The lowest BCUT2D eigenvalue weighted by atomic mass is 9.96. The van der Waals surface area contributed by atoms with E-state index in [9.17, 15) is 8.42 Å². The molecular formula is C14H21ClN2O2S. The van der Waals surface area contributed by atoms with E-state index in [0.717, 1.165) is 25.7 Å². The molecule has 1 aliphatic carbocycles. The van der Waals surface area contributed by atoms with Crippen molar-refractivity contribution in [1.82, 2.24) is 4.31 Å². The Morgan fingerprint density at radius 3 is 2.40 bits per heavy atom. The number of nitrogens with two attached hydrogens (primary N) is 1. The normalized spacial score (nSPS) is 17.6. The number of anilines is 1. The van der Waals surface area contributed by atoms with Crippen LogP contribution in [0.2, 0.25) is 5.02 Å². The van der Waals surface area contributed by atoms with Gasteiger partial charge < -0.3 is 5.73 Å². The molecule has 1 aromatic carbocycles. The van der Waals surface area contributed by atoms with Crippen molar-refractivity contribution in [3.05, 3.63) is 22.7 Å². The lowest BCUT2D eigenvalue weighted by Crippen LogP contribution is -2.38. The van der Waals surface area contributed by atoms with Crippen LogP contribution in [-0.2, 0) is 10.0 Å². The van der Waals surface area contributed by atoms with Gasteiger partial charge in [-0.2, -0.15) is 4.31 Å². The van der Waals surface area contributed by atoms with Crippen molar-refractivity contribution in [2.24, 2.45) is 0 Å². The van der Waals surface area contributed by atoms with Crippen molar-refractivity contribution < 1.29 is 8.42 Å². The SMILES string of the molecule is Cc1c(N)cc(S(=O)(=O)N(C)C2CCCCC2)cc1Cl. The van der Waals surface area contributed by atoms with Crippen LogP contribution in [0.15, 0.2) is 17.0 Å². The highest BCUT2D eigenvalue weighted by atomic mass is 35.5. The molecule has 0 aliphatic heterocycles. The zero-order chi connectivity index (χ0) is 14.9. The average molecular weight is 317 g/mol. The summed E-state index contributed by atoms with van der Waals surface area (Å²) in [4.78, 5) is 0.179. The first kappa shape index (κ1) is 15.6. The molecule has 0 bridgehead atoms. The van der Waals surface area contributed by atoms with Crippen LogP contribution in [0, 0.1) is 6.92 Å². The molecule has 1 saturated carbocycles. The average Bonchev–Trinajstić information content (AvgIpc) is 2.44. The molecule has 20 heavy (non-hydrogen) atoms. The van der Waals surface area contributed by atoms with E-state index in [2.05, 4.69) is 0 Å². The van der Waals surface area contributed by atoms with E-state index < -0.39 is 10.0 Å². The summed E-state index contributed by atoms with van der Waals surface area (Å²) < 4.78 is 26.8. The molecule has 112 valence electrons. The highest BCUT2D eigenvalue weighted by Crippen LogP contribution is 2.30. The van der Waals surface area contributed by atoms with Gasteiger partial charge in [0.25, 0.3) is 0 Å². The highest BCUT2D eigenvalue weighted by Gasteiger charge is 2.29. The van der Waals surface area contributed by atoms with Crippen molar-refractivity contribution in [2.75, 3.05) is 12.8 Å². The lowest BCUT2D eigenvalue weighted by molar-refractivity contribution is 0.286. The standard InChI is InChI=1S/C14H21ClN2O2S/c1-10-13(15)8-12(9-14(10)16)20(18,19)17(2)11-6-4-3-5-7-11/h8-9,11H,3-7,16H2,1-2H3. The second kappa shape index (κ2) is 5.92. The van der Waals surface area contributed by atoms with Crippen LogP contribution in [0.3, 0.4) is 0 Å². The Morgan fingerprint density at radius 2 is 1.85 bits per heavy atom. The van der Waals surface area contributed by atoms with E-state index in [-0.39, 0.29) is 10.9 Å². The monoisotopic (exact) mass is 316 g/mol. The van der Waals surface area contributed by atoms with Crippen molar-refractivity contribution in [3.8, 4) is 0 Å². The van der Waals surface area contributed by atoms with Crippen LogP contribution in [0.25, 0.3) is 0 Å². The van der Waals surface area contributed by atoms with Crippen LogP contribution in [0.5, 0.6) is 0 Å². The number of nitrogens with zero attached hydrogens (tertiary/aromatic N) is 1. The molecule has 1 aliphatic rings. The highest BCUT2D eigenvalue weighted by molar-refractivity contribution is 7.89. The molecule has 2 N–H and O–H groups in total. The van der Waals surface area contributed by atoms with Crippen LogP contribution in [-0.4, -0.2) is 25.8 Å². The van der Waals surface area contributed by atoms with Gasteiger partial charge in [0, 0.05) is 23.8 Å². The van der Waals surface area contributed by atoms with Gasteiger partial charge in [0.15, 0.2) is 0 Å². The Balaban J connectivity index is 2.34. The number of hydrogen-bond acceptors (Lipinski definition) is 3. The predicted molar refractivity (Wildman–Crippen MR) is 82.4 cm³/mol. The smallest absolute Gasteiger partial charge is 0.243 e. The van der Waals surface area contributed by atoms with Gasteiger partial charge in [-0.1, -0.05) is 30.9 Å². The molecule has 0 spiro atoms. The first-order valence-corrected chi connectivity index (χ1v) is 8.69. The number of halogens is 1. The third-order valence-electron chi connectivity index (χ3n) is 4.12. The summed E-state index contributed by atoms with van der Waals surface area (Å²) in [5.41, 5.74) is 6.95. The van der Waals surface area contributed by atoms with Crippen molar-refractivity contribution in [1.29, 1.82) is 0 Å². The number of nitrogen functional groups attached to an aromatic ring is 1. The summed E-state index contributed by atoms with van der Waals surface area (Å²) in [6, 6.07) is 3.06. The van der Waals surface area contributed by atoms with Gasteiger partial charge in [-0.25, -0.2) is 8.42 Å². The molecule has 0 radical (unpaired) electrons. The van der Waals surface area contributed by atoms with E-state index in [4.69, 9.17) is 17.3 Å². The molecule has 2 rings (SSSR count). The second-order valence-electron chi connectivity index (χ2n) is 5.43. The zero-order valence-electron chi connectivity index (χ0n) is 11.9. The van der Waals surface area contributed by atoms with Gasteiger partial charge >= 0.3 is 0 Å². The maximum Gasteiger partial charge on any atom is 0.243 e. The predicted octanol–water partition coefficient (Wildman–Crippen LogP) is 3.18.